The topological polar surface area (TPSA) is 70.2 Å². The molecule has 1 aliphatic rings. The van der Waals surface area contributed by atoms with Crippen LogP contribution < -0.4 is 16.0 Å². The second kappa shape index (κ2) is 8.71. The summed E-state index contributed by atoms with van der Waals surface area (Å²) in [6, 6.07) is 13.5. The summed E-state index contributed by atoms with van der Waals surface area (Å²) in [4.78, 5) is 24.1. The largest absolute Gasteiger partial charge is 0.348 e. The fourth-order valence-electron chi connectivity index (χ4n) is 3.37. The molecule has 1 unspecified atom stereocenters. The molecule has 3 amide bonds. The van der Waals surface area contributed by atoms with Gasteiger partial charge in [0.1, 0.15) is 0 Å². The van der Waals surface area contributed by atoms with Crippen LogP contribution in [0.3, 0.4) is 0 Å². The molecule has 0 spiro atoms. The first-order chi connectivity index (χ1) is 13.0. The quantitative estimate of drug-likeness (QED) is 0.753. The molecule has 0 heterocycles. The molecule has 5 heteroatoms. The molecule has 0 saturated heterocycles. The van der Waals surface area contributed by atoms with Gasteiger partial charge in [-0.2, -0.15) is 0 Å². The summed E-state index contributed by atoms with van der Waals surface area (Å²) >= 11 is 0. The van der Waals surface area contributed by atoms with Crippen molar-refractivity contribution in [2.24, 2.45) is 0 Å². The predicted octanol–water partition coefficient (Wildman–Crippen LogP) is 3.87. The summed E-state index contributed by atoms with van der Waals surface area (Å²) < 4.78 is 0. The number of aryl methyl sites for hydroxylation is 3. The van der Waals surface area contributed by atoms with Crippen LogP contribution in [0.25, 0.3) is 0 Å². The normalized spacial score (nSPS) is 14.0. The van der Waals surface area contributed by atoms with E-state index in [1.165, 1.54) is 24.0 Å². The summed E-state index contributed by atoms with van der Waals surface area (Å²) in [7, 11) is 0. The third kappa shape index (κ3) is 5.33. The van der Waals surface area contributed by atoms with Gasteiger partial charge in [-0.15, -0.1) is 0 Å². The number of fused-ring (bicyclic) bond motifs is 1. The molecule has 0 aromatic heterocycles. The fourth-order valence-corrected chi connectivity index (χ4v) is 3.37. The highest BCUT2D eigenvalue weighted by Gasteiger charge is 2.14. The summed E-state index contributed by atoms with van der Waals surface area (Å²) in [5.41, 5.74) is 5.75. The van der Waals surface area contributed by atoms with Crippen LogP contribution in [0.4, 0.5) is 10.5 Å². The molecule has 1 atom stereocenters. The van der Waals surface area contributed by atoms with Gasteiger partial charge in [-0.1, -0.05) is 35.9 Å². The van der Waals surface area contributed by atoms with Gasteiger partial charge in [-0.25, -0.2) is 4.79 Å². The van der Waals surface area contributed by atoms with Crippen LogP contribution >= 0.6 is 0 Å². The van der Waals surface area contributed by atoms with Gasteiger partial charge in [0.2, 0.25) is 5.91 Å². The highest BCUT2D eigenvalue weighted by atomic mass is 16.2. The summed E-state index contributed by atoms with van der Waals surface area (Å²) in [6.07, 6.45) is 4.76. The summed E-state index contributed by atoms with van der Waals surface area (Å²) in [5, 5.41) is 8.25. The lowest BCUT2D eigenvalue weighted by Gasteiger charge is -2.20. The lowest BCUT2D eigenvalue weighted by molar-refractivity contribution is -0.120. The minimum Gasteiger partial charge on any atom is -0.348 e. The van der Waals surface area contributed by atoms with Gasteiger partial charge in [0.05, 0.1) is 12.6 Å². The maximum Gasteiger partial charge on any atom is 0.319 e. The lowest BCUT2D eigenvalue weighted by atomic mass is 9.89. The predicted molar refractivity (Wildman–Crippen MR) is 108 cm³/mol. The number of hydrogen-bond donors (Lipinski definition) is 3. The second-order valence-corrected chi connectivity index (χ2v) is 7.20. The standard InChI is InChI=1S/C22H27N3O2/c1-15-7-11-20(12-8-15)25-22(27)23-14-21(26)24-16(2)18-10-9-17-5-3-4-6-19(17)13-18/h7-13,16H,3-6,14H2,1-2H3,(H,24,26)(H2,23,25,27). The molecule has 0 radical (unpaired) electrons. The SMILES string of the molecule is Cc1ccc(NC(=O)NCC(=O)NC(C)c2ccc3c(c2)CCCC3)cc1. The molecule has 0 bridgehead atoms. The maximum absolute atomic E-state index is 12.2. The highest BCUT2D eigenvalue weighted by Crippen LogP contribution is 2.24. The molecular weight excluding hydrogens is 338 g/mol. The van der Waals surface area contributed by atoms with Crippen LogP contribution in [0.2, 0.25) is 0 Å². The number of rotatable bonds is 5. The number of urea groups is 1. The monoisotopic (exact) mass is 365 g/mol. The summed E-state index contributed by atoms with van der Waals surface area (Å²) in [5.74, 6) is -0.209. The fraction of sp³-hybridized carbons (Fsp3) is 0.364. The smallest absolute Gasteiger partial charge is 0.319 e. The van der Waals surface area contributed by atoms with Crippen LogP contribution in [0.5, 0.6) is 0 Å². The van der Waals surface area contributed by atoms with E-state index in [1.807, 2.05) is 38.1 Å². The van der Waals surface area contributed by atoms with Gasteiger partial charge in [0.25, 0.3) is 0 Å². The second-order valence-electron chi connectivity index (χ2n) is 7.20. The average Bonchev–Trinajstić information content (AvgIpc) is 2.68. The van der Waals surface area contributed by atoms with Crippen molar-refractivity contribution >= 4 is 17.6 Å². The van der Waals surface area contributed by atoms with E-state index in [-0.39, 0.29) is 18.5 Å². The average molecular weight is 365 g/mol. The van der Waals surface area contributed by atoms with Crippen molar-refractivity contribution < 1.29 is 9.59 Å². The van der Waals surface area contributed by atoms with Crippen LogP contribution in [0.1, 0.15) is 48.1 Å². The van der Waals surface area contributed by atoms with Crippen molar-refractivity contribution in [3.8, 4) is 0 Å². The van der Waals surface area contributed by atoms with Crippen molar-refractivity contribution in [2.45, 2.75) is 45.6 Å². The van der Waals surface area contributed by atoms with Crippen LogP contribution in [-0.2, 0) is 17.6 Å². The van der Waals surface area contributed by atoms with Crippen molar-refractivity contribution in [2.75, 3.05) is 11.9 Å². The van der Waals surface area contributed by atoms with E-state index in [1.54, 1.807) is 0 Å². The number of carbonyl (C=O) groups excluding carboxylic acids is 2. The molecule has 0 saturated carbocycles. The third-order valence-electron chi connectivity index (χ3n) is 4.97. The van der Waals surface area contributed by atoms with Gasteiger partial charge in [0, 0.05) is 5.69 Å². The molecule has 1 aliphatic carbocycles. The van der Waals surface area contributed by atoms with Crippen molar-refractivity contribution in [3.05, 3.63) is 64.7 Å². The molecule has 2 aromatic rings. The Kier molecular flexibility index (Phi) is 6.12. The Morgan fingerprint density at radius 3 is 2.44 bits per heavy atom. The van der Waals surface area contributed by atoms with E-state index in [4.69, 9.17) is 0 Å². The number of carbonyl (C=O) groups is 2. The van der Waals surface area contributed by atoms with Crippen molar-refractivity contribution in [1.82, 2.24) is 10.6 Å². The van der Waals surface area contributed by atoms with Crippen LogP contribution in [0.15, 0.2) is 42.5 Å². The molecule has 0 fully saturated rings. The van der Waals surface area contributed by atoms with Gasteiger partial charge in [0.15, 0.2) is 0 Å². The number of benzene rings is 2. The Labute approximate surface area is 160 Å². The first-order valence-electron chi connectivity index (χ1n) is 9.54. The Balaban J connectivity index is 1.47. The third-order valence-corrected chi connectivity index (χ3v) is 4.97. The van der Waals surface area contributed by atoms with Crippen molar-refractivity contribution in [1.29, 1.82) is 0 Å². The molecule has 0 aliphatic heterocycles. The zero-order valence-electron chi connectivity index (χ0n) is 16.0. The van der Waals surface area contributed by atoms with E-state index >= 15 is 0 Å². The van der Waals surface area contributed by atoms with Gasteiger partial charge in [-0.05, 0) is 68.4 Å². The Hall–Kier alpha value is -2.82. The Morgan fingerprint density at radius 2 is 1.70 bits per heavy atom. The van der Waals surface area contributed by atoms with Gasteiger partial charge in [-0.3, -0.25) is 4.79 Å². The van der Waals surface area contributed by atoms with Crippen molar-refractivity contribution in [3.63, 3.8) is 0 Å². The molecule has 142 valence electrons. The molecular formula is C22H27N3O2. The van der Waals surface area contributed by atoms with Gasteiger partial charge >= 0.3 is 6.03 Å². The van der Waals surface area contributed by atoms with E-state index in [0.29, 0.717) is 5.69 Å². The van der Waals surface area contributed by atoms with E-state index in [9.17, 15) is 9.59 Å². The first-order valence-corrected chi connectivity index (χ1v) is 9.54. The number of hydrogen-bond acceptors (Lipinski definition) is 2. The van der Waals surface area contributed by atoms with Crippen LogP contribution in [-0.4, -0.2) is 18.5 Å². The summed E-state index contributed by atoms with van der Waals surface area (Å²) in [6.45, 7) is 3.89. The molecule has 5 nitrogen and oxygen atoms in total. The maximum atomic E-state index is 12.2. The highest BCUT2D eigenvalue weighted by molar-refractivity contribution is 5.92. The van der Waals surface area contributed by atoms with Crippen LogP contribution in [0, 0.1) is 6.92 Å². The first kappa shape index (κ1) is 19.0. The minimum atomic E-state index is -0.393. The number of amides is 3. The van der Waals surface area contributed by atoms with E-state index < -0.39 is 6.03 Å². The Morgan fingerprint density at radius 1 is 1.00 bits per heavy atom. The zero-order valence-corrected chi connectivity index (χ0v) is 16.0. The van der Waals surface area contributed by atoms with E-state index in [2.05, 4.69) is 34.1 Å². The molecule has 27 heavy (non-hydrogen) atoms. The molecule has 2 aromatic carbocycles. The molecule has 3 N–H and O–H groups in total. The molecule has 3 rings (SSSR count). The number of nitrogens with one attached hydrogen (secondary N) is 3. The number of anilines is 1. The van der Waals surface area contributed by atoms with E-state index in [0.717, 1.165) is 24.0 Å². The zero-order chi connectivity index (χ0) is 19.2. The lowest BCUT2D eigenvalue weighted by Crippen LogP contribution is -2.39. The Bertz CT molecular complexity index is 815. The van der Waals surface area contributed by atoms with Gasteiger partial charge < -0.3 is 16.0 Å². The minimum absolute atomic E-state index is 0.0625.